The SMILES string of the molecule is COC(=O)N1N=C(c2cccc(O)c2)CC1c1cc(OC)c(OC)c(OC)c1. The zero-order chi connectivity index (χ0) is 20.3. The molecule has 0 bridgehead atoms. The van der Waals surface area contributed by atoms with Gasteiger partial charge in [-0.2, -0.15) is 10.1 Å². The number of phenols is 1. The van der Waals surface area contributed by atoms with Gasteiger partial charge < -0.3 is 24.1 Å². The van der Waals surface area contributed by atoms with E-state index < -0.39 is 12.1 Å². The number of hydrogen-bond acceptors (Lipinski definition) is 7. The molecular weight excluding hydrogens is 364 g/mol. The van der Waals surface area contributed by atoms with E-state index in [2.05, 4.69) is 5.10 Å². The van der Waals surface area contributed by atoms with Gasteiger partial charge in [0.25, 0.3) is 0 Å². The molecule has 1 amide bonds. The van der Waals surface area contributed by atoms with Crippen molar-refractivity contribution in [1.29, 1.82) is 0 Å². The van der Waals surface area contributed by atoms with Crippen molar-refractivity contribution in [3.05, 3.63) is 47.5 Å². The quantitative estimate of drug-likeness (QED) is 0.848. The lowest BCUT2D eigenvalue weighted by Crippen LogP contribution is -2.26. The first kappa shape index (κ1) is 19.3. The molecule has 1 N–H and O–H groups in total. The summed E-state index contributed by atoms with van der Waals surface area (Å²) in [5.41, 5.74) is 2.13. The lowest BCUT2D eigenvalue weighted by atomic mass is 9.97. The van der Waals surface area contributed by atoms with Gasteiger partial charge >= 0.3 is 6.09 Å². The first-order chi connectivity index (χ1) is 13.5. The highest BCUT2D eigenvalue weighted by molar-refractivity contribution is 6.03. The van der Waals surface area contributed by atoms with Crippen molar-refractivity contribution in [2.75, 3.05) is 28.4 Å². The molecule has 28 heavy (non-hydrogen) atoms. The Bertz CT molecular complexity index is 886. The molecule has 0 radical (unpaired) electrons. The third kappa shape index (κ3) is 3.53. The van der Waals surface area contributed by atoms with Crippen molar-refractivity contribution in [2.24, 2.45) is 5.10 Å². The number of benzene rings is 2. The van der Waals surface area contributed by atoms with Gasteiger partial charge in [0.1, 0.15) is 5.75 Å². The topological polar surface area (TPSA) is 89.8 Å². The van der Waals surface area contributed by atoms with Gasteiger partial charge in [-0.05, 0) is 29.8 Å². The second kappa shape index (κ2) is 8.08. The van der Waals surface area contributed by atoms with Gasteiger partial charge in [0.05, 0.1) is 40.2 Å². The number of hydrazone groups is 1. The summed E-state index contributed by atoms with van der Waals surface area (Å²) in [5, 5.41) is 15.5. The van der Waals surface area contributed by atoms with Gasteiger partial charge in [0.2, 0.25) is 5.75 Å². The predicted octanol–water partition coefficient (Wildman–Crippen LogP) is 3.34. The van der Waals surface area contributed by atoms with Gasteiger partial charge in [0, 0.05) is 12.0 Å². The molecule has 1 aliphatic rings. The Balaban J connectivity index is 2.04. The first-order valence-corrected chi connectivity index (χ1v) is 8.56. The van der Waals surface area contributed by atoms with Gasteiger partial charge in [0.15, 0.2) is 11.5 Å². The van der Waals surface area contributed by atoms with Crippen LogP contribution in [0, 0.1) is 0 Å². The van der Waals surface area contributed by atoms with Crippen molar-refractivity contribution < 1.29 is 28.8 Å². The summed E-state index contributed by atoms with van der Waals surface area (Å²) in [7, 11) is 5.89. The van der Waals surface area contributed by atoms with E-state index in [-0.39, 0.29) is 5.75 Å². The van der Waals surface area contributed by atoms with Crippen molar-refractivity contribution in [3.63, 3.8) is 0 Å². The zero-order valence-corrected chi connectivity index (χ0v) is 16.1. The van der Waals surface area contributed by atoms with Crippen molar-refractivity contribution >= 4 is 11.8 Å². The van der Waals surface area contributed by atoms with E-state index in [0.29, 0.717) is 29.4 Å². The number of carbonyl (C=O) groups is 1. The summed E-state index contributed by atoms with van der Waals surface area (Å²) in [6.45, 7) is 0. The largest absolute Gasteiger partial charge is 0.508 e. The molecule has 0 spiro atoms. The van der Waals surface area contributed by atoms with Crippen LogP contribution in [-0.4, -0.2) is 50.4 Å². The lowest BCUT2D eigenvalue weighted by Gasteiger charge is -2.22. The molecule has 1 unspecified atom stereocenters. The molecule has 0 saturated carbocycles. The minimum atomic E-state index is -0.589. The maximum absolute atomic E-state index is 12.3. The van der Waals surface area contributed by atoms with Crippen molar-refractivity contribution in [1.82, 2.24) is 5.01 Å². The maximum atomic E-state index is 12.3. The maximum Gasteiger partial charge on any atom is 0.430 e. The van der Waals surface area contributed by atoms with E-state index in [9.17, 15) is 9.90 Å². The molecule has 2 aromatic rings. The Morgan fingerprint density at radius 3 is 2.29 bits per heavy atom. The van der Waals surface area contributed by atoms with Crippen LogP contribution in [0.15, 0.2) is 41.5 Å². The van der Waals surface area contributed by atoms with E-state index in [4.69, 9.17) is 18.9 Å². The molecule has 0 aliphatic carbocycles. The highest BCUT2D eigenvalue weighted by Crippen LogP contribution is 2.43. The standard InChI is InChI=1S/C20H22N2O6/c1-25-17-9-13(10-18(26-2)19(17)27-3)16-11-15(21-22(16)20(24)28-4)12-6-5-7-14(23)8-12/h5-10,16,23H,11H2,1-4H3. The Labute approximate surface area is 162 Å². The summed E-state index contributed by atoms with van der Waals surface area (Å²) < 4.78 is 21.1. The average molecular weight is 386 g/mol. The number of hydrogen-bond donors (Lipinski definition) is 1. The van der Waals surface area contributed by atoms with Gasteiger partial charge in [-0.1, -0.05) is 12.1 Å². The fourth-order valence-electron chi connectivity index (χ4n) is 3.19. The van der Waals surface area contributed by atoms with Crippen LogP contribution in [0.1, 0.15) is 23.6 Å². The fraction of sp³-hybridized carbons (Fsp3) is 0.300. The Kier molecular flexibility index (Phi) is 5.58. The summed E-state index contributed by atoms with van der Waals surface area (Å²) >= 11 is 0. The van der Waals surface area contributed by atoms with Crippen LogP contribution in [0.2, 0.25) is 0 Å². The van der Waals surface area contributed by atoms with E-state index in [0.717, 1.165) is 11.1 Å². The number of aromatic hydroxyl groups is 1. The predicted molar refractivity (Wildman–Crippen MR) is 102 cm³/mol. The van der Waals surface area contributed by atoms with Crippen LogP contribution in [-0.2, 0) is 4.74 Å². The monoisotopic (exact) mass is 386 g/mol. The van der Waals surface area contributed by atoms with Crippen molar-refractivity contribution in [2.45, 2.75) is 12.5 Å². The summed E-state index contributed by atoms with van der Waals surface area (Å²) in [5.74, 6) is 1.55. The summed E-state index contributed by atoms with van der Waals surface area (Å²) in [6, 6.07) is 9.86. The van der Waals surface area contributed by atoms with Crippen molar-refractivity contribution in [3.8, 4) is 23.0 Å². The molecule has 2 aromatic carbocycles. The third-order valence-corrected chi connectivity index (χ3v) is 4.52. The molecule has 8 nitrogen and oxygen atoms in total. The minimum Gasteiger partial charge on any atom is -0.508 e. The molecule has 1 aliphatic heterocycles. The molecule has 1 atom stereocenters. The first-order valence-electron chi connectivity index (χ1n) is 8.56. The zero-order valence-electron chi connectivity index (χ0n) is 16.1. The van der Waals surface area contributed by atoms with Crippen LogP contribution >= 0.6 is 0 Å². The van der Waals surface area contributed by atoms with E-state index in [1.165, 1.54) is 33.4 Å². The number of methoxy groups -OCH3 is 4. The second-order valence-electron chi connectivity index (χ2n) is 6.09. The number of ether oxygens (including phenoxy) is 4. The molecule has 3 rings (SSSR count). The van der Waals surface area contributed by atoms with Gasteiger partial charge in [-0.25, -0.2) is 4.79 Å². The van der Waals surface area contributed by atoms with Gasteiger partial charge in [-0.15, -0.1) is 0 Å². The number of rotatable bonds is 5. The van der Waals surface area contributed by atoms with Crippen LogP contribution < -0.4 is 14.2 Å². The molecule has 1 heterocycles. The fourth-order valence-corrected chi connectivity index (χ4v) is 3.19. The van der Waals surface area contributed by atoms with Crippen LogP contribution in [0.5, 0.6) is 23.0 Å². The third-order valence-electron chi connectivity index (χ3n) is 4.52. The van der Waals surface area contributed by atoms with E-state index in [1.807, 2.05) is 6.07 Å². The average Bonchev–Trinajstić information content (AvgIpc) is 3.17. The number of nitrogens with zero attached hydrogens (tertiary/aromatic N) is 2. The van der Waals surface area contributed by atoms with Crippen LogP contribution in [0.25, 0.3) is 0 Å². The molecular formula is C20H22N2O6. The second-order valence-corrected chi connectivity index (χ2v) is 6.09. The Hall–Kier alpha value is -3.42. The molecule has 0 fully saturated rings. The highest BCUT2D eigenvalue weighted by Gasteiger charge is 2.35. The normalized spacial score (nSPS) is 15.8. The van der Waals surface area contributed by atoms with E-state index in [1.54, 1.807) is 30.3 Å². The number of carbonyl (C=O) groups excluding carboxylic acids is 1. The number of phenolic OH excluding ortho intramolecular Hbond substituents is 1. The lowest BCUT2D eigenvalue weighted by molar-refractivity contribution is 0.113. The molecule has 0 saturated heterocycles. The highest BCUT2D eigenvalue weighted by atomic mass is 16.5. The Morgan fingerprint density at radius 1 is 1.07 bits per heavy atom. The molecule has 0 aromatic heterocycles. The van der Waals surface area contributed by atoms with Crippen LogP contribution in [0.4, 0.5) is 4.79 Å². The van der Waals surface area contributed by atoms with Gasteiger partial charge in [-0.3, -0.25) is 0 Å². The van der Waals surface area contributed by atoms with E-state index >= 15 is 0 Å². The summed E-state index contributed by atoms with van der Waals surface area (Å²) in [4.78, 5) is 12.3. The van der Waals surface area contributed by atoms with Crippen LogP contribution in [0.3, 0.4) is 0 Å². The minimum absolute atomic E-state index is 0.126. The summed E-state index contributed by atoms with van der Waals surface area (Å²) in [6.07, 6.45) is -0.161. The molecule has 8 heteroatoms. The Morgan fingerprint density at radius 2 is 1.75 bits per heavy atom. The number of amides is 1. The smallest absolute Gasteiger partial charge is 0.430 e. The molecule has 148 valence electrons.